The van der Waals surface area contributed by atoms with Crippen LogP contribution in [-0.4, -0.2) is 4.98 Å². The molecule has 0 spiro atoms. The molecule has 5 aromatic rings. The molecule has 2 nitrogen and oxygen atoms in total. The lowest BCUT2D eigenvalue weighted by Gasteiger charge is -2.17. The van der Waals surface area contributed by atoms with Crippen LogP contribution in [0.25, 0.3) is 44.0 Å². The zero-order valence-electron chi connectivity index (χ0n) is 17.5. The third-order valence-electron chi connectivity index (χ3n) is 6.18. The molecule has 0 N–H and O–H groups in total. The molecule has 0 bridgehead atoms. The molecule has 3 aromatic carbocycles. The summed E-state index contributed by atoms with van der Waals surface area (Å²) in [5.74, 6) is 0.143. The summed E-state index contributed by atoms with van der Waals surface area (Å²) >= 11 is 0. The standard InChI is InChI=1S/C27H24FNO/c1-4-17(5-2)24-15-29-26(20-11-10-18(28)14-21(20)24)23-13-16(3)12-22-19-8-6-7-9-25(19)30-27(22)23/h6-15,17H,4-5H2,1-3H3. The Bertz CT molecular complexity index is 1390. The average molecular weight is 397 g/mol. The SMILES string of the molecule is CCC(CC)c1cnc(-c2cc(C)cc3c2oc2ccccc23)c2ccc(F)cc12. The van der Waals surface area contributed by atoms with Gasteiger partial charge >= 0.3 is 0 Å². The number of benzene rings is 3. The quantitative estimate of drug-likeness (QED) is 0.306. The van der Waals surface area contributed by atoms with E-state index in [9.17, 15) is 4.39 Å². The Morgan fingerprint density at radius 2 is 1.70 bits per heavy atom. The average Bonchev–Trinajstić information content (AvgIpc) is 3.12. The minimum Gasteiger partial charge on any atom is -0.455 e. The van der Waals surface area contributed by atoms with Gasteiger partial charge in [0, 0.05) is 27.9 Å². The van der Waals surface area contributed by atoms with Crippen LogP contribution in [0.4, 0.5) is 4.39 Å². The van der Waals surface area contributed by atoms with Gasteiger partial charge in [-0.05, 0) is 78.6 Å². The number of fused-ring (bicyclic) bond motifs is 4. The Balaban J connectivity index is 1.86. The largest absolute Gasteiger partial charge is 0.455 e. The van der Waals surface area contributed by atoms with Gasteiger partial charge in [0.2, 0.25) is 0 Å². The lowest BCUT2D eigenvalue weighted by molar-refractivity contribution is 0.626. The van der Waals surface area contributed by atoms with E-state index >= 15 is 0 Å². The van der Waals surface area contributed by atoms with E-state index in [-0.39, 0.29) is 5.82 Å². The molecule has 0 atom stereocenters. The molecule has 0 saturated heterocycles. The lowest BCUT2D eigenvalue weighted by Crippen LogP contribution is -2.00. The van der Waals surface area contributed by atoms with Crippen LogP contribution in [0.5, 0.6) is 0 Å². The first-order valence-corrected chi connectivity index (χ1v) is 10.6. The number of aromatic nitrogens is 1. The third kappa shape index (κ3) is 2.88. The maximum Gasteiger partial charge on any atom is 0.144 e. The number of rotatable bonds is 4. The topological polar surface area (TPSA) is 26.0 Å². The molecule has 0 unspecified atom stereocenters. The van der Waals surface area contributed by atoms with Crippen LogP contribution in [0.2, 0.25) is 0 Å². The summed E-state index contributed by atoms with van der Waals surface area (Å²) in [6.07, 6.45) is 3.94. The predicted octanol–water partition coefficient (Wildman–Crippen LogP) is 8.15. The summed E-state index contributed by atoms with van der Waals surface area (Å²) in [5, 5.41) is 4.09. The number of furan rings is 1. The summed E-state index contributed by atoms with van der Waals surface area (Å²) in [7, 11) is 0. The number of pyridine rings is 1. The Morgan fingerprint density at radius 3 is 2.50 bits per heavy atom. The molecule has 2 aromatic heterocycles. The summed E-state index contributed by atoms with van der Waals surface area (Å²) < 4.78 is 20.5. The molecule has 2 heterocycles. The van der Waals surface area contributed by atoms with Gasteiger partial charge < -0.3 is 4.42 Å². The highest BCUT2D eigenvalue weighted by Crippen LogP contribution is 2.40. The van der Waals surface area contributed by atoms with Crippen LogP contribution in [0, 0.1) is 12.7 Å². The van der Waals surface area contributed by atoms with E-state index in [2.05, 4.69) is 39.0 Å². The Kier molecular flexibility index (Phi) is 4.54. The monoisotopic (exact) mass is 397 g/mol. The second kappa shape index (κ2) is 7.24. The molecule has 0 amide bonds. The number of nitrogens with zero attached hydrogens (tertiary/aromatic N) is 1. The number of aryl methyl sites for hydroxylation is 1. The van der Waals surface area contributed by atoms with Gasteiger partial charge in [0.25, 0.3) is 0 Å². The maximum atomic E-state index is 14.2. The normalized spacial score (nSPS) is 11.9. The van der Waals surface area contributed by atoms with Gasteiger partial charge in [-0.3, -0.25) is 4.98 Å². The van der Waals surface area contributed by atoms with E-state index in [1.54, 1.807) is 6.07 Å². The number of para-hydroxylation sites is 1. The summed E-state index contributed by atoms with van der Waals surface area (Å²) in [6, 6.07) is 17.4. The molecule has 3 heteroatoms. The van der Waals surface area contributed by atoms with Crippen LogP contribution in [-0.2, 0) is 0 Å². The molecule has 5 rings (SSSR count). The highest BCUT2D eigenvalue weighted by atomic mass is 19.1. The van der Waals surface area contributed by atoms with Crippen LogP contribution in [0.15, 0.2) is 65.2 Å². The van der Waals surface area contributed by atoms with Crippen molar-refractivity contribution < 1.29 is 8.81 Å². The van der Waals surface area contributed by atoms with Crippen LogP contribution in [0.1, 0.15) is 43.7 Å². The van der Waals surface area contributed by atoms with E-state index in [4.69, 9.17) is 9.40 Å². The van der Waals surface area contributed by atoms with E-state index in [0.717, 1.165) is 67.9 Å². The number of hydrogen-bond acceptors (Lipinski definition) is 2. The minimum absolute atomic E-state index is 0.218. The first kappa shape index (κ1) is 18.8. The summed E-state index contributed by atoms with van der Waals surface area (Å²) in [6.45, 7) is 6.43. The van der Waals surface area contributed by atoms with Crippen LogP contribution < -0.4 is 0 Å². The summed E-state index contributed by atoms with van der Waals surface area (Å²) in [4.78, 5) is 4.90. The number of hydrogen-bond donors (Lipinski definition) is 0. The molecule has 0 saturated carbocycles. The fourth-order valence-electron chi connectivity index (χ4n) is 4.65. The molecule has 0 aliphatic heterocycles. The van der Waals surface area contributed by atoms with E-state index in [0.29, 0.717) is 5.92 Å². The predicted molar refractivity (Wildman–Crippen MR) is 122 cm³/mol. The molecule has 150 valence electrons. The van der Waals surface area contributed by atoms with Crippen molar-refractivity contribution in [1.29, 1.82) is 0 Å². The zero-order valence-corrected chi connectivity index (χ0v) is 17.5. The van der Waals surface area contributed by atoms with Crippen LogP contribution in [0.3, 0.4) is 0 Å². The van der Waals surface area contributed by atoms with Crippen molar-refractivity contribution in [2.45, 2.75) is 39.5 Å². The van der Waals surface area contributed by atoms with Gasteiger partial charge in [0.15, 0.2) is 0 Å². The van der Waals surface area contributed by atoms with Gasteiger partial charge in [-0.1, -0.05) is 32.0 Å². The number of halogens is 1. The zero-order chi connectivity index (χ0) is 20.8. The molecular formula is C27H24FNO. The third-order valence-corrected chi connectivity index (χ3v) is 6.18. The van der Waals surface area contributed by atoms with Gasteiger partial charge in [-0.2, -0.15) is 0 Å². The van der Waals surface area contributed by atoms with Crippen LogP contribution >= 0.6 is 0 Å². The Morgan fingerprint density at radius 1 is 0.900 bits per heavy atom. The Hall–Kier alpha value is -3.20. The molecule has 30 heavy (non-hydrogen) atoms. The second-order valence-corrected chi connectivity index (χ2v) is 8.05. The van der Waals surface area contributed by atoms with Crippen molar-refractivity contribution >= 4 is 32.7 Å². The highest BCUT2D eigenvalue weighted by molar-refractivity contribution is 6.12. The highest BCUT2D eigenvalue weighted by Gasteiger charge is 2.19. The molecule has 0 radical (unpaired) electrons. The smallest absolute Gasteiger partial charge is 0.144 e. The van der Waals surface area contributed by atoms with E-state index in [1.807, 2.05) is 30.5 Å². The first-order chi connectivity index (χ1) is 14.6. The van der Waals surface area contributed by atoms with Gasteiger partial charge in [-0.15, -0.1) is 0 Å². The molecule has 0 aliphatic rings. The van der Waals surface area contributed by atoms with Crippen molar-refractivity contribution in [2.75, 3.05) is 0 Å². The maximum absolute atomic E-state index is 14.2. The lowest BCUT2D eigenvalue weighted by atomic mass is 9.89. The fourth-order valence-corrected chi connectivity index (χ4v) is 4.65. The van der Waals surface area contributed by atoms with E-state index in [1.165, 1.54) is 6.07 Å². The van der Waals surface area contributed by atoms with Crippen molar-refractivity contribution in [3.05, 3.63) is 77.7 Å². The van der Waals surface area contributed by atoms with Crippen molar-refractivity contribution in [3.63, 3.8) is 0 Å². The van der Waals surface area contributed by atoms with E-state index < -0.39 is 0 Å². The Labute approximate surface area is 175 Å². The molecule has 0 fully saturated rings. The van der Waals surface area contributed by atoms with Crippen molar-refractivity contribution in [2.24, 2.45) is 0 Å². The second-order valence-electron chi connectivity index (χ2n) is 8.05. The van der Waals surface area contributed by atoms with Crippen molar-refractivity contribution in [1.82, 2.24) is 4.98 Å². The van der Waals surface area contributed by atoms with Gasteiger partial charge in [0.05, 0.1) is 5.69 Å². The fraction of sp³-hybridized carbons (Fsp3) is 0.222. The first-order valence-electron chi connectivity index (χ1n) is 10.6. The minimum atomic E-state index is -0.218. The molecular weight excluding hydrogens is 373 g/mol. The van der Waals surface area contributed by atoms with Gasteiger partial charge in [-0.25, -0.2) is 4.39 Å². The summed E-state index contributed by atoms with van der Waals surface area (Å²) in [5.41, 5.74) is 5.75. The molecule has 0 aliphatic carbocycles. The van der Waals surface area contributed by atoms with Gasteiger partial charge in [0.1, 0.15) is 17.0 Å². The van der Waals surface area contributed by atoms with Crippen molar-refractivity contribution in [3.8, 4) is 11.3 Å².